The largest absolute Gasteiger partial charge is 0.379 e. The van der Waals surface area contributed by atoms with Crippen molar-refractivity contribution in [2.75, 3.05) is 32.8 Å². The van der Waals surface area contributed by atoms with Crippen LogP contribution in [0.25, 0.3) is 10.2 Å². The van der Waals surface area contributed by atoms with E-state index in [1.54, 1.807) is 18.2 Å². The van der Waals surface area contributed by atoms with Gasteiger partial charge in [-0.15, -0.1) is 11.3 Å². The van der Waals surface area contributed by atoms with Gasteiger partial charge in [-0.25, -0.2) is 0 Å². The van der Waals surface area contributed by atoms with E-state index in [-0.39, 0.29) is 5.78 Å². The van der Waals surface area contributed by atoms with Gasteiger partial charge in [-0.1, -0.05) is 23.2 Å². The Bertz CT molecular complexity index is 989. The smallest absolute Gasteiger partial charge is 0.204 e. The van der Waals surface area contributed by atoms with E-state index in [9.17, 15) is 4.79 Å². The number of halogens is 2. The third kappa shape index (κ3) is 3.93. The van der Waals surface area contributed by atoms with Crippen molar-refractivity contribution in [2.45, 2.75) is 13.5 Å². The van der Waals surface area contributed by atoms with Crippen molar-refractivity contribution in [3.8, 4) is 0 Å². The number of hydrogen-bond acceptors (Lipinski definition) is 4. The topological polar surface area (TPSA) is 34.5 Å². The number of aromatic nitrogens is 1. The second kappa shape index (κ2) is 7.94. The van der Waals surface area contributed by atoms with E-state index in [2.05, 4.69) is 22.5 Å². The summed E-state index contributed by atoms with van der Waals surface area (Å²) in [5.74, 6) is -0.0823. The van der Waals surface area contributed by atoms with Crippen LogP contribution in [0.3, 0.4) is 0 Å². The van der Waals surface area contributed by atoms with E-state index in [1.807, 2.05) is 6.07 Å². The van der Waals surface area contributed by atoms with Gasteiger partial charge >= 0.3 is 0 Å². The van der Waals surface area contributed by atoms with E-state index in [0.29, 0.717) is 20.5 Å². The highest BCUT2D eigenvalue weighted by Crippen LogP contribution is 2.32. The van der Waals surface area contributed by atoms with Crippen LogP contribution in [0, 0.1) is 6.92 Å². The highest BCUT2D eigenvalue weighted by atomic mass is 35.5. The molecule has 0 radical (unpaired) electrons. The van der Waals surface area contributed by atoms with Gasteiger partial charge in [0.15, 0.2) is 0 Å². The maximum atomic E-state index is 12.9. The Kier molecular flexibility index (Phi) is 5.58. The Morgan fingerprint density at radius 3 is 2.70 bits per heavy atom. The lowest BCUT2D eigenvalue weighted by Crippen LogP contribution is -2.38. The Hall–Kier alpha value is -1.37. The first kappa shape index (κ1) is 19.0. The van der Waals surface area contributed by atoms with Crippen LogP contribution in [0.2, 0.25) is 10.0 Å². The molecule has 0 N–H and O–H groups in total. The number of morpholine rings is 1. The highest BCUT2D eigenvalue weighted by Gasteiger charge is 2.19. The van der Waals surface area contributed by atoms with Crippen molar-refractivity contribution in [3.63, 3.8) is 0 Å². The van der Waals surface area contributed by atoms with Gasteiger partial charge in [0.05, 0.1) is 23.1 Å². The molecule has 0 aliphatic carbocycles. The third-order valence-corrected chi connectivity index (χ3v) is 6.65. The molecule has 7 heteroatoms. The Morgan fingerprint density at radius 2 is 1.93 bits per heavy atom. The van der Waals surface area contributed by atoms with E-state index < -0.39 is 0 Å². The van der Waals surface area contributed by atoms with Crippen LogP contribution in [0.15, 0.2) is 30.3 Å². The number of rotatable bonds is 5. The average molecular weight is 423 g/mol. The fourth-order valence-electron chi connectivity index (χ4n) is 3.43. The van der Waals surface area contributed by atoms with Crippen molar-refractivity contribution in [2.24, 2.45) is 0 Å². The van der Waals surface area contributed by atoms with Gasteiger partial charge < -0.3 is 9.30 Å². The fraction of sp³-hybridized carbons (Fsp3) is 0.350. The van der Waals surface area contributed by atoms with Gasteiger partial charge in [-0.3, -0.25) is 9.69 Å². The fourth-order valence-corrected chi connectivity index (χ4v) is 4.99. The number of ketones is 1. The standard InChI is InChI=1S/C20H20Cl2N2O2S/c1-13-10-14-11-18(19(25)16-12-15(21)2-3-17(16)22)27-20(14)24(13)5-4-23-6-8-26-9-7-23/h2-3,10-12H,4-9H2,1H3. The quantitative estimate of drug-likeness (QED) is 0.549. The van der Waals surface area contributed by atoms with Crippen LogP contribution in [0.1, 0.15) is 20.9 Å². The first-order valence-electron chi connectivity index (χ1n) is 8.92. The molecule has 4 nitrogen and oxygen atoms in total. The van der Waals surface area contributed by atoms with Crippen molar-refractivity contribution < 1.29 is 9.53 Å². The maximum Gasteiger partial charge on any atom is 0.204 e. The summed E-state index contributed by atoms with van der Waals surface area (Å²) in [7, 11) is 0. The molecule has 2 aromatic heterocycles. The van der Waals surface area contributed by atoms with Gasteiger partial charge in [0, 0.05) is 47.8 Å². The van der Waals surface area contributed by atoms with E-state index in [4.69, 9.17) is 27.9 Å². The monoisotopic (exact) mass is 422 g/mol. The highest BCUT2D eigenvalue weighted by molar-refractivity contribution is 7.20. The maximum absolute atomic E-state index is 12.9. The summed E-state index contributed by atoms with van der Waals surface area (Å²) in [4.78, 5) is 17.2. The second-order valence-electron chi connectivity index (χ2n) is 6.72. The van der Waals surface area contributed by atoms with Crippen LogP contribution in [-0.2, 0) is 11.3 Å². The van der Waals surface area contributed by atoms with Crippen LogP contribution >= 0.6 is 34.5 Å². The molecule has 3 aromatic rings. The Morgan fingerprint density at radius 1 is 1.15 bits per heavy atom. The molecule has 1 saturated heterocycles. The molecular formula is C20H20Cl2N2O2S. The minimum Gasteiger partial charge on any atom is -0.379 e. The predicted octanol–water partition coefficient (Wildman–Crippen LogP) is 4.88. The lowest BCUT2D eigenvalue weighted by molar-refractivity contribution is 0.0365. The van der Waals surface area contributed by atoms with Gasteiger partial charge in [0.2, 0.25) is 5.78 Å². The third-order valence-electron chi connectivity index (χ3n) is 4.92. The molecule has 142 valence electrons. The van der Waals surface area contributed by atoms with Gasteiger partial charge in [-0.05, 0) is 37.3 Å². The predicted molar refractivity (Wildman–Crippen MR) is 112 cm³/mol. The van der Waals surface area contributed by atoms with Crippen molar-refractivity contribution in [1.29, 1.82) is 0 Å². The summed E-state index contributed by atoms with van der Waals surface area (Å²) >= 11 is 13.8. The summed E-state index contributed by atoms with van der Waals surface area (Å²) in [6, 6.07) is 9.08. The molecular weight excluding hydrogens is 403 g/mol. The lowest BCUT2D eigenvalue weighted by atomic mass is 10.1. The number of carbonyl (C=O) groups excluding carboxylic acids is 1. The van der Waals surface area contributed by atoms with Crippen molar-refractivity contribution in [1.82, 2.24) is 9.47 Å². The number of aryl methyl sites for hydroxylation is 1. The summed E-state index contributed by atoms with van der Waals surface area (Å²) in [5, 5.41) is 2.03. The number of benzene rings is 1. The average Bonchev–Trinajstić information content (AvgIpc) is 3.19. The lowest BCUT2D eigenvalue weighted by Gasteiger charge is -2.26. The Balaban J connectivity index is 1.60. The molecule has 1 fully saturated rings. The molecule has 0 unspecified atom stereocenters. The zero-order valence-corrected chi connectivity index (χ0v) is 17.3. The van der Waals surface area contributed by atoms with E-state index >= 15 is 0 Å². The minimum absolute atomic E-state index is 0.0823. The van der Waals surface area contributed by atoms with Crippen LogP contribution in [-0.4, -0.2) is 48.1 Å². The SMILES string of the molecule is Cc1cc2cc(C(=O)c3cc(Cl)ccc3Cl)sc2n1CCN1CCOCC1. The number of thiophene rings is 1. The zero-order chi connectivity index (χ0) is 19.0. The van der Waals surface area contributed by atoms with Gasteiger partial charge in [0.25, 0.3) is 0 Å². The van der Waals surface area contributed by atoms with Crippen LogP contribution in [0.4, 0.5) is 0 Å². The summed E-state index contributed by atoms with van der Waals surface area (Å²) in [6.07, 6.45) is 0. The zero-order valence-electron chi connectivity index (χ0n) is 15.0. The number of fused-ring (bicyclic) bond motifs is 1. The van der Waals surface area contributed by atoms with E-state index in [1.165, 1.54) is 17.0 Å². The number of carbonyl (C=O) groups is 1. The number of ether oxygens (including phenoxy) is 1. The first-order chi connectivity index (χ1) is 13.0. The van der Waals surface area contributed by atoms with Gasteiger partial charge in [0.1, 0.15) is 4.83 Å². The minimum atomic E-state index is -0.0823. The van der Waals surface area contributed by atoms with E-state index in [0.717, 1.165) is 49.6 Å². The van der Waals surface area contributed by atoms with Crippen LogP contribution in [0.5, 0.6) is 0 Å². The molecule has 0 amide bonds. The number of nitrogens with zero attached hydrogens (tertiary/aromatic N) is 2. The Labute approximate surface area is 172 Å². The molecule has 4 rings (SSSR count). The van der Waals surface area contributed by atoms with Crippen molar-refractivity contribution >= 4 is 50.5 Å². The molecule has 0 bridgehead atoms. The summed E-state index contributed by atoms with van der Waals surface area (Å²) in [5.41, 5.74) is 1.66. The summed E-state index contributed by atoms with van der Waals surface area (Å²) in [6.45, 7) is 7.56. The van der Waals surface area contributed by atoms with Gasteiger partial charge in [-0.2, -0.15) is 0 Å². The molecule has 1 aliphatic rings. The summed E-state index contributed by atoms with van der Waals surface area (Å²) < 4.78 is 7.71. The molecule has 1 aromatic carbocycles. The molecule has 0 atom stereocenters. The van der Waals surface area contributed by atoms with Crippen molar-refractivity contribution in [3.05, 3.63) is 56.5 Å². The van der Waals surface area contributed by atoms with Crippen LogP contribution < -0.4 is 0 Å². The molecule has 1 aliphatic heterocycles. The molecule has 0 spiro atoms. The number of hydrogen-bond donors (Lipinski definition) is 0. The normalized spacial score (nSPS) is 15.5. The second-order valence-corrected chi connectivity index (χ2v) is 8.59. The molecule has 27 heavy (non-hydrogen) atoms. The first-order valence-corrected chi connectivity index (χ1v) is 10.5. The molecule has 3 heterocycles. The molecule has 0 saturated carbocycles.